The lowest BCUT2D eigenvalue weighted by atomic mass is 9.92. The van der Waals surface area contributed by atoms with Gasteiger partial charge in [0.15, 0.2) is 9.84 Å². The van der Waals surface area contributed by atoms with Gasteiger partial charge in [-0.15, -0.1) is 18.8 Å². The van der Waals surface area contributed by atoms with E-state index in [4.69, 9.17) is 21.1 Å². The number of benzene rings is 2. The third-order valence-corrected chi connectivity index (χ3v) is 8.27. The number of hydrogen-bond acceptors (Lipinski definition) is 7. The van der Waals surface area contributed by atoms with Crippen molar-refractivity contribution in [1.82, 2.24) is 10.4 Å². The molecule has 0 aliphatic carbocycles. The Labute approximate surface area is 200 Å². The molecule has 2 aromatic rings. The molecule has 178 valence electrons. The Hall–Kier alpha value is -2.77. The Balaban J connectivity index is 0.00000385. The molecule has 1 aliphatic heterocycles. The largest absolute Gasteiger partial charge is 0.497 e. The molecule has 0 radical (unpaired) electrons. The number of sulfone groups is 1. The van der Waals surface area contributed by atoms with Crippen LogP contribution in [0.4, 0.5) is 0 Å². The Morgan fingerprint density at radius 2 is 1.61 bits per heavy atom. The minimum atomic E-state index is -3.89. The normalized spacial score (nSPS) is 15.5. The number of methoxy groups -OCH3 is 1. The topological polar surface area (TPSA) is 105 Å². The second-order valence-electron chi connectivity index (χ2n) is 7.63. The van der Waals surface area contributed by atoms with Gasteiger partial charge in [-0.25, -0.2) is 13.9 Å². The van der Waals surface area contributed by atoms with Gasteiger partial charge in [0.1, 0.15) is 17.2 Å². The lowest BCUT2D eigenvalue weighted by Crippen LogP contribution is -2.51. The second-order valence-corrected chi connectivity index (χ2v) is 9.97. The lowest BCUT2D eigenvalue weighted by molar-refractivity contribution is -0.130. The Bertz CT molecular complexity index is 1070. The summed E-state index contributed by atoms with van der Waals surface area (Å²) in [7, 11) is -2.31. The van der Waals surface area contributed by atoms with E-state index in [1.165, 1.54) is 12.1 Å². The number of nitrogens with one attached hydrogen (secondary N) is 1. The third-order valence-electron chi connectivity index (χ3n) is 5.69. The molecule has 1 saturated heterocycles. The first kappa shape index (κ1) is 26.5. The highest BCUT2D eigenvalue weighted by Gasteiger charge is 2.48. The maximum Gasteiger partial charge on any atom is 0.244 e. The van der Waals surface area contributed by atoms with Gasteiger partial charge in [0.05, 0.1) is 23.3 Å². The molecule has 8 nitrogen and oxygen atoms in total. The number of ether oxygens (including phenoxy) is 2. The number of carbonyl (C=O) groups is 1. The Kier molecular flexibility index (Phi) is 9.14. The Morgan fingerprint density at radius 3 is 2.09 bits per heavy atom. The molecule has 2 N–H and O–H groups in total. The molecule has 10 heteroatoms. The second kappa shape index (κ2) is 11.4. The minimum absolute atomic E-state index is 0. The molecule has 33 heavy (non-hydrogen) atoms. The molecule has 0 saturated carbocycles. The molecule has 0 bridgehead atoms. The zero-order valence-electron chi connectivity index (χ0n) is 18.2. The van der Waals surface area contributed by atoms with Crippen molar-refractivity contribution in [2.24, 2.45) is 0 Å². The maximum atomic E-state index is 13.6. The van der Waals surface area contributed by atoms with Crippen molar-refractivity contribution in [3.63, 3.8) is 0 Å². The average Bonchev–Trinajstić information content (AvgIpc) is 2.81. The number of hydrogen-bond donors (Lipinski definition) is 2. The highest BCUT2D eigenvalue weighted by molar-refractivity contribution is 7.92. The molecule has 1 heterocycles. The van der Waals surface area contributed by atoms with Crippen molar-refractivity contribution in [3.8, 4) is 29.6 Å². The van der Waals surface area contributed by atoms with Gasteiger partial charge in [-0.3, -0.25) is 14.9 Å². The van der Waals surface area contributed by atoms with Crippen molar-refractivity contribution in [1.29, 1.82) is 0 Å². The zero-order chi connectivity index (χ0) is 23.2. The summed E-state index contributed by atoms with van der Waals surface area (Å²) in [6, 6.07) is 13.1. The molecule has 1 aliphatic rings. The van der Waals surface area contributed by atoms with Gasteiger partial charge < -0.3 is 9.47 Å². The number of nitrogens with zero attached hydrogens (tertiary/aromatic N) is 1. The van der Waals surface area contributed by atoms with Crippen LogP contribution in [-0.2, 0) is 14.6 Å². The van der Waals surface area contributed by atoms with Crippen molar-refractivity contribution < 1.29 is 27.9 Å². The predicted molar refractivity (Wildman–Crippen MR) is 126 cm³/mol. The van der Waals surface area contributed by atoms with Gasteiger partial charge in [-0.05, 0) is 61.4 Å². The summed E-state index contributed by atoms with van der Waals surface area (Å²) in [6.07, 6.45) is 5.49. The van der Waals surface area contributed by atoms with Crippen molar-refractivity contribution in [2.75, 3.05) is 26.7 Å². The van der Waals surface area contributed by atoms with Gasteiger partial charge in [0, 0.05) is 19.5 Å². The fourth-order valence-corrected chi connectivity index (χ4v) is 5.87. The number of carbonyl (C=O) groups excluding carboxylic acids is 1. The number of halogens is 1. The highest BCUT2D eigenvalue weighted by atomic mass is 35.5. The van der Waals surface area contributed by atoms with Crippen LogP contribution in [0.1, 0.15) is 19.3 Å². The van der Waals surface area contributed by atoms with Crippen LogP contribution in [0.3, 0.4) is 0 Å². The quantitative estimate of drug-likeness (QED) is 0.330. The summed E-state index contributed by atoms with van der Waals surface area (Å²) < 4.78 is 36.7. The van der Waals surface area contributed by atoms with Gasteiger partial charge >= 0.3 is 0 Å². The first-order chi connectivity index (χ1) is 15.3. The van der Waals surface area contributed by atoms with Crippen LogP contribution in [0.2, 0.25) is 0 Å². The van der Waals surface area contributed by atoms with Crippen molar-refractivity contribution in [2.45, 2.75) is 28.9 Å². The van der Waals surface area contributed by atoms with Crippen LogP contribution in [0, 0.1) is 12.3 Å². The van der Waals surface area contributed by atoms with Crippen molar-refractivity contribution in [3.05, 3.63) is 48.5 Å². The number of likely N-dealkylation sites (tertiary alicyclic amines) is 1. The van der Waals surface area contributed by atoms with E-state index >= 15 is 0 Å². The monoisotopic (exact) mass is 494 g/mol. The number of amides is 1. The van der Waals surface area contributed by atoms with Gasteiger partial charge in [0.25, 0.3) is 0 Å². The average molecular weight is 495 g/mol. The van der Waals surface area contributed by atoms with E-state index in [1.807, 2.05) is 4.90 Å². The minimum Gasteiger partial charge on any atom is -0.497 e. The molecule has 0 spiro atoms. The maximum absolute atomic E-state index is 13.6. The molecule has 3 rings (SSSR count). The SMILES string of the molecule is C#CCN1CCC(CC(=O)NO)(S(=O)(=O)c2ccc(Oc3ccc(OC)cc3)cc2)CC1.Cl. The van der Waals surface area contributed by atoms with Crippen LogP contribution >= 0.6 is 12.4 Å². The van der Waals surface area contributed by atoms with Crippen LogP contribution in [-0.4, -0.2) is 55.9 Å². The highest BCUT2D eigenvalue weighted by Crippen LogP contribution is 2.39. The van der Waals surface area contributed by atoms with E-state index in [-0.39, 0.29) is 36.6 Å². The molecular formula is C23H27ClN2O6S. The summed E-state index contributed by atoms with van der Waals surface area (Å²) >= 11 is 0. The summed E-state index contributed by atoms with van der Waals surface area (Å²) in [6.45, 7) is 1.31. The van der Waals surface area contributed by atoms with Gasteiger partial charge in [0.2, 0.25) is 5.91 Å². The summed E-state index contributed by atoms with van der Waals surface area (Å²) in [5.41, 5.74) is 1.56. The van der Waals surface area contributed by atoms with Crippen LogP contribution in [0.25, 0.3) is 0 Å². The van der Waals surface area contributed by atoms with Crippen LogP contribution < -0.4 is 15.0 Å². The summed E-state index contributed by atoms with van der Waals surface area (Å²) in [5.74, 6) is 3.57. The lowest BCUT2D eigenvalue weighted by Gasteiger charge is -2.40. The van der Waals surface area contributed by atoms with E-state index in [9.17, 15) is 13.2 Å². The van der Waals surface area contributed by atoms with Gasteiger partial charge in [-0.1, -0.05) is 5.92 Å². The molecule has 1 fully saturated rings. The van der Waals surface area contributed by atoms with E-state index in [1.54, 1.807) is 49.0 Å². The van der Waals surface area contributed by atoms with Crippen LogP contribution in [0.15, 0.2) is 53.4 Å². The van der Waals surface area contributed by atoms with Crippen molar-refractivity contribution >= 4 is 28.2 Å². The standard InChI is InChI=1S/C23H26N2O6S.ClH/c1-3-14-25-15-12-23(13-16-25,17-22(26)24-27)32(28,29)21-10-8-20(9-11-21)31-19-6-4-18(30-2)5-7-19;/h1,4-11,27H,12-17H2,2H3,(H,24,26);1H. The number of rotatable bonds is 8. The molecular weight excluding hydrogens is 468 g/mol. The van der Waals surface area contributed by atoms with E-state index < -0.39 is 20.5 Å². The number of hydroxylamine groups is 1. The third kappa shape index (κ3) is 5.97. The number of terminal acetylenes is 1. The molecule has 1 amide bonds. The smallest absolute Gasteiger partial charge is 0.244 e. The summed E-state index contributed by atoms with van der Waals surface area (Å²) in [4.78, 5) is 14.0. The molecule has 2 aromatic carbocycles. The molecule has 0 atom stereocenters. The zero-order valence-corrected chi connectivity index (χ0v) is 19.8. The fourth-order valence-electron chi connectivity index (χ4n) is 3.84. The Morgan fingerprint density at radius 1 is 1.09 bits per heavy atom. The van der Waals surface area contributed by atoms with E-state index in [2.05, 4.69) is 5.92 Å². The predicted octanol–water partition coefficient (Wildman–Crippen LogP) is 3.05. The molecule has 0 unspecified atom stereocenters. The number of piperidine rings is 1. The fraction of sp³-hybridized carbons (Fsp3) is 0.348. The molecule has 0 aromatic heterocycles. The summed E-state index contributed by atoms with van der Waals surface area (Å²) in [5, 5.41) is 9.01. The first-order valence-corrected chi connectivity index (χ1v) is 11.6. The van der Waals surface area contributed by atoms with E-state index in [0.717, 1.165) is 0 Å². The van der Waals surface area contributed by atoms with Gasteiger partial charge in [-0.2, -0.15) is 0 Å². The van der Waals surface area contributed by atoms with Crippen LogP contribution in [0.5, 0.6) is 17.2 Å². The first-order valence-electron chi connectivity index (χ1n) is 10.1. The van der Waals surface area contributed by atoms with E-state index in [0.29, 0.717) is 36.9 Å².